The molecule has 1 heterocycles. The van der Waals surface area contributed by atoms with Crippen molar-refractivity contribution in [3.8, 4) is 5.75 Å². The van der Waals surface area contributed by atoms with E-state index in [4.69, 9.17) is 4.74 Å². The Hall–Kier alpha value is -2.14. The predicted octanol–water partition coefficient (Wildman–Crippen LogP) is 3.19. The van der Waals surface area contributed by atoms with Crippen LogP contribution in [-0.2, 0) is 11.3 Å². The Morgan fingerprint density at radius 1 is 1.10 bits per heavy atom. The molecule has 0 aliphatic carbocycles. The predicted molar refractivity (Wildman–Crippen MR) is 82.7 cm³/mol. The van der Waals surface area contributed by atoms with Gasteiger partial charge in [0.15, 0.2) is 0 Å². The molecule has 1 amide bonds. The first-order valence-electron chi connectivity index (χ1n) is 6.40. The number of halogens is 1. The molecule has 0 unspecified atom stereocenters. The van der Waals surface area contributed by atoms with Gasteiger partial charge in [0.25, 0.3) is 11.7 Å². The molecule has 0 bridgehead atoms. The number of fused-ring (bicyclic) bond motifs is 1. The van der Waals surface area contributed by atoms with Gasteiger partial charge in [-0.15, -0.1) is 0 Å². The summed E-state index contributed by atoms with van der Waals surface area (Å²) in [6.45, 7) is 0.296. The van der Waals surface area contributed by atoms with Crippen LogP contribution in [0.15, 0.2) is 46.9 Å². The van der Waals surface area contributed by atoms with Crippen molar-refractivity contribution in [2.45, 2.75) is 6.54 Å². The van der Waals surface area contributed by atoms with Gasteiger partial charge >= 0.3 is 0 Å². The SMILES string of the molecule is COc1ccccc1CN1C(=O)C(=O)c2cccc(Br)c21. The van der Waals surface area contributed by atoms with Crippen LogP contribution in [-0.4, -0.2) is 18.8 Å². The van der Waals surface area contributed by atoms with Gasteiger partial charge in [-0.2, -0.15) is 0 Å². The van der Waals surface area contributed by atoms with Crippen LogP contribution in [0.4, 0.5) is 5.69 Å². The molecule has 4 nitrogen and oxygen atoms in total. The smallest absolute Gasteiger partial charge is 0.299 e. The molecule has 3 rings (SSSR count). The van der Waals surface area contributed by atoms with Crippen molar-refractivity contribution in [3.63, 3.8) is 0 Å². The molecule has 5 heteroatoms. The molecule has 0 N–H and O–H groups in total. The van der Waals surface area contributed by atoms with E-state index in [-0.39, 0.29) is 0 Å². The second-order valence-corrected chi connectivity index (χ2v) is 5.52. The summed E-state index contributed by atoms with van der Waals surface area (Å²) in [4.78, 5) is 25.8. The summed E-state index contributed by atoms with van der Waals surface area (Å²) in [6.07, 6.45) is 0. The van der Waals surface area contributed by atoms with Crippen LogP contribution in [0.1, 0.15) is 15.9 Å². The van der Waals surface area contributed by atoms with Gasteiger partial charge in [0, 0.05) is 10.0 Å². The van der Waals surface area contributed by atoms with E-state index in [1.165, 1.54) is 4.90 Å². The summed E-state index contributed by atoms with van der Waals surface area (Å²) in [7, 11) is 1.58. The standard InChI is InChI=1S/C16H12BrNO3/c1-21-13-8-3-2-5-10(13)9-18-14-11(15(19)16(18)20)6-4-7-12(14)17/h2-8H,9H2,1H3. The summed E-state index contributed by atoms with van der Waals surface area (Å²) in [6, 6.07) is 12.7. The van der Waals surface area contributed by atoms with Crippen molar-refractivity contribution < 1.29 is 14.3 Å². The van der Waals surface area contributed by atoms with Gasteiger partial charge in [0.2, 0.25) is 0 Å². The van der Waals surface area contributed by atoms with Crippen LogP contribution >= 0.6 is 15.9 Å². The molecule has 2 aromatic carbocycles. The number of methoxy groups -OCH3 is 1. The molecule has 0 saturated heterocycles. The van der Waals surface area contributed by atoms with E-state index in [1.807, 2.05) is 30.3 Å². The van der Waals surface area contributed by atoms with E-state index in [0.717, 1.165) is 10.0 Å². The maximum atomic E-state index is 12.2. The molecule has 1 aliphatic rings. The van der Waals surface area contributed by atoms with Crippen LogP contribution < -0.4 is 9.64 Å². The molecule has 0 atom stereocenters. The summed E-state index contributed by atoms with van der Waals surface area (Å²) < 4.78 is 6.03. The maximum absolute atomic E-state index is 12.2. The topological polar surface area (TPSA) is 46.6 Å². The van der Waals surface area contributed by atoms with E-state index in [1.54, 1.807) is 19.2 Å². The largest absolute Gasteiger partial charge is 0.496 e. The number of benzene rings is 2. The van der Waals surface area contributed by atoms with E-state index in [0.29, 0.717) is 23.5 Å². The average molecular weight is 346 g/mol. The van der Waals surface area contributed by atoms with Gasteiger partial charge < -0.3 is 4.74 Å². The molecule has 0 radical (unpaired) electrons. The number of carbonyl (C=O) groups is 2. The first kappa shape index (κ1) is 13.8. The molecule has 2 aromatic rings. The second-order valence-electron chi connectivity index (χ2n) is 4.67. The lowest BCUT2D eigenvalue weighted by molar-refractivity contribution is -0.114. The van der Waals surface area contributed by atoms with Crippen molar-refractivity contribution in [3.05, 3.63) is 58.1 Å². The van der Waals surface area contributed by atoms with Gasteiger partial charge in [0.1, 0.15) is 5.75 Å². The van der Waals surface area contributed by atoms with Crippen molar-refractivity contribution in [1.29, 1.82) is 0 Å². The molecule has 106 valence electrons. The van der Waals surface area contributed by atoms with Crippen molar-refractivity contribution in [2.75, 3.05) is 12.0 Å². The molecule has 21 heavy (non-hydrogen) atoms. The van der Waals surface area contributed by atoms with Crippen LogP contribution in [0.25, 0.3) is 0 Å². The van der Waals surface area contributed by atoms with E-state index >= 15 is 0 Å². The van der Waals surface area contributed by atoms with Gasteiger partial charge in [-0.25, -0.2) is 0 Å². The van der Waals surface area contributed by atoms with Gasteiger partial charge in [-0.05, 0) is 34.1 Å². The number of rotatable bonds is 3. The normalized spacial score (nSPS) is 13.5. The van der Waals surface area contributed by atoms with Gasteiger partial charge in [-0.3, -0.25) is 14.5 Å². The Kier molecular flexibility index (Phi) is 3.51. The number of ether oxygens (including phenoxy) is 1. The number of hydrogen-bond donors (Lipinski definition) is 0. The quantitative estimate of drug-likeness (QED) is 0.802. The fraction of sp³-hybridized carbons (Fsp3) is 0.125. The fourth-order valence-electron chi connectivity index (χ4n) is 2.47. The molecule has 0 fully saturated rings. The zero-order chi connectivity index (χ0) is 15.0. The molecule has 0 saturated carbocycles. The Labute approximate surface area is 130 Å². The van der Waals surface area contributed by atoms with Crippen LogP contribution in [0, 0.1) is 0 Å². The number of amides is 1. The monoisotopic (exact) mass is 345 g/mol. The van der Waals surface area contributed by atoms with Crippen molar-refractivity contribution in [2.24, 2.45) is 0 Å². The third kappa shape index (κ3) is 2.23. The van der Waals surface area contributed by atoms with E-state index in [9.17, 15) is 9.59 Å². The highest BCUT2D eigenvalue weighted by atomic mass is 79.9. The lowest BCUT2D eigenvalue weighted by Crippen LogP contribution is -2.29. The first-order valence-corrected chi connectivity index (χ1v) is 7.19. The Bertz CT molecular complexity index is 742. The maximum Gasteiger partial charge on any atom is 0.299 e. The second kappa shape index (κ2) is 5.33. The van der Waals surface area contributed by atoms with E-state index < -0.39 is 11.7 Å². The molecule has 0 aromatic heterocycles. The minimum atomic E-state index is -0.511. The molecular formula is C16H12BrNO3. The highest BCUT2D eigenvalue weighted by Gasteiger charge is 2.37. The molecule has 1 aliphatic heterocycles. The Balaban J connectivity index is 2.04. The van der Waals surface area contributed by atoms with Crippen LogP contribution in [0.2, 0.25) is 0 Å². The minimum Gasteiger partial charge on any atom is -0.496 e. The molecular weight excluding hydrogens is 334 g/mol. The van der Waals surface area contributed by atoms with Crippen molar-refractivity contribution >= 4 is 33.3 Å². The van der Waals surface area contributed by atoms with Gasteiger partial charge in [0.05, 0.1) is 24.9 Å². The number of nitrogens with zero attached hydrogens (tertiary/aromatic N) is 1. The van der Waals surface area contributed by atoms with Crippen LogP contribution in [0.3, 0.4) is 0 Å². The highest BCUT2D eigenvalue weighted by molar-refractivity contribution is 9.10. The highest BCUT2D eigenvalue weighted by Crippen LogP contribution is 2.37. The third-order valence-electron chi connectivity index (χ3n) is 3.46. The fourth-order valence-corrected chi connectivity index (χ4v) is 3.05. The van der Waals surface area contributed by atoms with Crippen molar-refractivity contribution in [1.82, 2.24) is 0 Å². The number of anilines is 1. The lowest BCUT2D eigenvalue weighted by Gasteiger charge is -2.19. The minimum absolute atomic E-state index is 0.296. The van der Waals surface area contributed by atoms with Gasteiger partial charge in [-0.1, -0.05) is 24.3 Å². The first-order chi connectivity index (χ1) is 10.1. The zero-order valence-corrected chi connectivity index (χ0v) is 12.9. The van der Waals surface area contributed by atoms with Crippen LogP contribution in [0.5, 0.6) is 5.75 Å². The summed E-state index contributed by atoms with van der Waals surface area (Å²) in [5.41, 5.74) is 1.91. The number of ketones is 1. The number of carbonyl (C=O) groups excluding carboxylic acids is 2. The number of hydrogen-bond acceptors (Lipinski definition) is 3. The Morgan fingerprint density at radius 3 is 2.62 bits per heavy atom. The third-order valence-corrected chi connectivity index (χ3v) is 4.10. The number of Topliss-reactive ketones (excluding diaryl/α,β-unsaturated/α-hetero) is 1. The average Bonchev–Trinajstić information content (AvgIpc) is 2.74. The zero-order valence-electron chi connectivity index (χ0n) is 11.3. The summed E-state index contributed by atoms with van der Waals surface area (Å²) in [5.74, 6) is -0.290. The van der Waals surface area contributed by atoms with E-state index in [2.05, 4.69) is 15.9 Å². The number of para-hydroxylation sites is 2. The summed E-state index contributed by atoms with van der Waals surface area (Å²) in [5, 5.41) is 0. The summed E-state index contributed by atoms with van der Waals surface area (Å²) >= 11 is 3.41. The Morgan fingerprint density at radius 2 is 1.86 bits per heavy atom. The molecule has 0 spiro atoms. The lowest BCUT2D eigenvalue weighted by atomic mass is 10.1.